The van der Waals surface area contributed by atoms with Crippen LogP contribution in [0.5, 0.6) is 0 Å². The molecular weight excluding hydrogens is 256 g/mol. The van der Waals surface area contributed by atoms with Crippen LogP contribution < -0.4 is 0 Å². The number of aliphatic imine (C=N–C) groups is 2. The molecule has 1 aromatic carbocycles. The van der Waals surface area contributed by atoms with Crippen LogP contribution in [0, 0.1) is 5.41 Å². The number of rotatable bonds is 4. The summed E-state index contributed by atoms with van der Waals surface area (Å²) in [5.74, 6) is 0. The van der Waals surface area contributed by atoms with Crippen molar-refractivity contribution >= 4 is 6.01 Å². The molecule has 112 valence electrons. The van der Waals surface area contributed by atoms with E-state index in [1.807, 2.05) is 18.2 Å². The van der Waals surface area contributed by atoms with E-state index in [0.29, 0.717) is 6.54 Å². The minimum atomic E-state index is -0.203. The van der Waals surface area contributed by atoms with Gasteiger partial charge in [-0.1, -0.05) is 69.2 Å². The quantitative estimate of drug-likeness (QED) is 0.530. The Balaban J connectivity index is 2.20. The molecule has 0 aromatic heterocycles. The summed E-state index contributed by atoms with van der Waals surface area (Å²) in [7, 11) is 0. The molecule has 2 rings (SSSR count). The fraction of sp³-hybridized carbons (Fsp3) is 0.526. The molecule has 2 heteroatoms. The van der Waals surface area contributed by atoms with E-state index < -0.39 is 0 Å². The average molecular weight is 282 g/mol. The second-order valence-electron chi connectivity index (χ2n) is 6.75. The lowest BCUT2D eigenvalue weighted by Gasteiger charge is -2.47. The first-order valence-electron chi connectivity index (χ1n) is 7.81. The Morgan fingerprint density at radius 1 is 1.19 bits per heavy atom. The first-order chi connectivity index (χ1) is 9.98. The van der Waals surface area contributed by atoms with Gasteiger partial charge in [-0.3, -0.25) is 0 Å². The number of hydrogen-bond acceptors (Lipinski definition) is 2. The molecule has 0 saturated heterocycles. The van der Waals surface area contributed by atoms with Gasteiger partial charge in [0.15, 0.2) is 0 Å². The summed E-state index contributed by atoms with van der Waals surface area (Å²) in [6, 6.07) is 13.2. The van der Waals surface area contributed by atoms with Gasteiger partial charge in [-0.15, -0.1) is 0 Å². The third-order valence-corrected chi connectivity index (χ3v) is 4.83. The Bertz CT molecular complexity index is 550. The van der Waals surface area contributed by atoms with Gasteiger partial charge in [-0.25, -0.2) is 9.98 Å². The highest BCUT2D eigenvalue weighted by Crippen LogP contribution is 2.49. The molecule has 0 spiro atoms. The molecule has 1 unspecified atom stereocenters. The predicted octanol–water partition coefficient (Wildman–Crippen LogP) is 5.28. The van der Waals surface area contributed by atoms with Gasteiger partial charge >= 0.3 is 0 Å². The Morgan fingerprint density at radius 2 is 1.86 bits per heavy atom. The zero-order valence-corrected chi connectivity index (χ0v) is 13.5. The molecule has 0 N–H and O–H groups in total. The highest BCUT2D eigenvalue weighted by atomic mass is 14.9. The first kappa shape index (κ1) is 15.7. The van der Waals surface area contributed by atoms with Gasteiger partial charge in [-0.2, -0.15) is 0 Å². The van der Waals surface area contributed by atoms with Crippen molar-refractivity contribution in [3.05, 3.63) is 48.0 Å². The van der Waals surface area contributed by atoms with Crippen LogP contribution in [-0.2, 0) is 6.54 Å². The molecule has 0 radical (unpaired) electrons. The molecule has 0 bridgehead atoms. The second kappa shape index (κ2) is 6.41. The third kappa shape index (κ3) is 3.33. The van der Waals surface area contributed by atoms with Crippen LogP contribution in [0.3, 0.4) is 0 Å². The summed E-state index contributed by atoms with van der Waals surface area (Å²) in [6.45, 7) is 11.5. The average Bonchev–Trinajstić information content (AvgIpc) is 2.45. The highest BCUT2D eigenvalue weighted by molar-refractivity contribution is 5.45. The molecule has 21 heavy (non-hydrogen) atoms. The number of hydrogen-bond donors (Lipinski definition) is 0. The van der Waals surface area contributed by atoms with Gasteiger partial charge in [0.2, 0.25) is 0 Å². The van der Waals surface area contributed by atoms with Gasteiger partial charge in [-0.05, 0) is 30.7 Å². The third-order valence-electron chi connectivity index (χ3n) is 4.83. The molecule has 0 aliphatic heterocycles. The van der Waals surface area contributed by atoms with Gasteiger partial charge in [0.1, 0.15) is 0 Å². The molecule has 1 aliphatic carbocycles. The summed E-state index contributed by atoms with van der Waals surface area (Å²) in [5.41, 5.74) is 2.25. The Hall–Kier alpha value is -1.66. The minimum absolute atomic E-state index is 0.131. The summed E-state index contributed by atoms with van der Waals surface area (Å²) in [5, 5.41) is 0. The van der Waals surface area contributed by atoms with Crippen LogP contribution in [0.4, 0.5) is 0 Å². The lowest BCUT2D eigenvalue weighted by Crippen LogP contribution is -2.46. The highest BCUT2D eigenvalue weighted by Gasteiger charge is 2.47. The van der Waals surface area contributed by atoms with E-state index in [4.69, 9.17) is 4.99 Å². The Kier molecular flexibility index (Phi) is 4.80. The maximum atomic E-state index is 4.77. The maximum Gasteiger partial charge on any atom is 0.0971 e. The molecule has 1 aliphatic rings. The van der Waals surface area contributed by atoms with E-state index in [9.17, 15) is 0 Å². The first-order valence-corrected chi connectivity index (χ1v) is 7.81. The largest absolute Gasteiger partial charge is 0.221 e. The van der Waals surface area contributed by atoms with Crippen molar-refractivity contribution in [2.45, 2.75) is 58.5 Å². The fourth-order valence-electron chi connectivity index (χ4n) is 3.42. The smallest absolute Gasteiger partial charge is 0.0971 e. The van der Waals surface area contributed by atoms with Crippen LogP contribution in [0.1, 0.15) is 52.0 Å². The maximum absolute atomic E-state index is 4.77. The molecule has 1 fully saturated rings. The second-order valence-corrected chi connectivity index (χ2v) is 6.75. The van der Waals surface area contributed by atoms with Crippen molar-refractivity contribution < 1.29 is 0 Å². The normalized spacial score (nSPS) is 24.0. The molecular formula is C19H26N2. The zero-order valence-electron chi connectivity index (χ0n) is 13.5. The van der Waals surface area contributed by atoms with Crippen molar-refractivity contribution in [2.75, 3.05) is 0 Å². The zero-order chi connectivity index (χ0) is 15.3. The van der Waals surface area contributed by atoms with E-state index in [-0.39, 0.29) is 11.0 Å². The Morgan fingerprint density at radius 3 is 2.48 bits per heavy atom. The van der Waals surface area contributed by atoms with Crippen molar-refractivity contribution in [1.82, 2.24) is 0 Å². The summed E-state index contributed by atoms with van der Waals surface area (Å²) in [6.07, 6.45) is 4.73. The van der Waals surface area contributed by atoms with E-state index in [2.05, 4.69) is 50.5 Å². The number of nitrogens with zero attached hydrogens (tertiary/aromatic N) is 2. The minimum Gasteiger partial charge on any atom is -0.221 e. The summed E-state index contributed by atoms with van der Waals surface area (Å²) < 4.78 is 0. The predicted molar refractivity (Wildman–Crippen MR) is 89.8 cm³/mol. The van der Waals surface area contributed by atoms with Crippen LogP contribution >= 0.6 is 0 Å². The summed E-state index contributed by atoms with van der Waals surface area (Å²) in [4.78, 5) is 9.14. The lowest BCUT2D eigenvalue weighted by atomic mass is 9.61. The van der Waals surface area contributed by atoms with Gasteiger partial charge in [0, 0.05) is 0 Å². The molecule has 2 nitrogen and oxygen atoms in total. The van der Waals surface area contributed by atoms with Crippen molar-refractivity contribution in [2.24, 2.45) is 15.4 Å². The fourth-order valence-corrected chi connectivity index (χ4v) is 3.42. The van der Waals surface area contributed by atoms with E-state index in [0.717, 1.165) is 12.0 Å². The number of benzene rings is 1. The molecule has 0 heterocycles. The van der Waals surface area contributed by atoms with Crippen molar-refractivity contribution in [1.29, 1.82) is 0 Å². The SMILES string of the molecule is C=C(C)C1(N=C=NCc2ccccc2)CCCCC1(C)C. The van der Waals surface area contributed by atoms with E-state index in [1.54, 1.807) is 0 Å². The monoisotopic (exact) mass is 282 g/mol. The van der Waals surface area contributed by atoms with Crippen LogP contribution in [0.2, 0.25) is 0 Å². The standard InChI is InChI=1S/C19H26N2/c1-16(2)19(13-9-8-12-18(19,3)4)21-15-20-14-17-10-6-5-7-11-17/h5-7,10-11H,1,8-9,12-14H2,2-4H3. The molecule has 1 aromatic rings. The lowest BCUT2D eigenvalue weighted by molar-refractivity contribution is 0.133. The van der Waals surface area contributed by atoms with Crippen molar-refractivity contribution in [3.8, 4) is 0 Å². The topological polar surface area (TPSA) is 24.7 Å². The van der Waals surface area contributed by atoms with Gasteiger partial charge < -0.3 is 0 Å². The van der Waals surface area contributed by atoms with Crippen molar-refractivity contribution in [3.63, 3.8) is 0 Å². The molecule has 0 amide bonds. The molecule has 1 saturated carbocycles. The van der Waals surface area contributed by atoms with Crippen LogP contribution in [-0.4, -0.2) is 11.5 Å². The molecule has 1 atom stereocenters. The van der Waals surface area contributed by atoms with Gasteiger partial charge in [0.05, 0.1) is 18.1 Å². The Labute approximate surface area is 128 Å². The van der Waals surface area contributed by atoms with E-state index in [1.165, 1.54) is 24.8 Å². The van der Waals surface area contributed by atoms with Crippen LogP contribution in [0.15, 0.2) is 52.5 Å². The van der Waals surface area contributed by atoms with E-state index >= 15 is 0 Å². The summed E-state index contributed by atoms with van der Waals surface area (Å²) >= 11 is 0. The van der Waals surface area contributed by atoms with Gasteiger partial charge in [0.25, 0.3) is 0 Å². The van der Waals surface area contributed by atoms with Crippen LogP contribution in [0.25, 0.3) is 0 Å².